The third kappa shape index (κ3) is 18.3. The molecule has 0 bridgehead atoms. The highest BCUT2D eigenvalue weighted by Crippen LogP contribution is 2.13. The van der Waals surface area contributed by atoms with Crippen LogP contribution in [0.1, 0.15) is 110 Å². The molecule has 0 aromatic heterocycles. The van der Waals surface area contributed by atoms with Gasteiger partial charge in [0, 0.05) is 12.0 Å². The van der Waals surface area contributed by atoms with E-state index >= 15 is 0 Å². The number of hydrogen-bond donors (Lipinski definition) is 1. The Labute approximate surface area is 169 Å². The predicted molar refractivity (Wildman–Crippen MR) is 118 cm³/mol. The summed E-state index contributed by atoms with van der Waals surface area (Å²) in [5, 5.41) is 8.88. The van der Waals surface area contributed by atoms with Gasteiger partial charge in [-0.2, -0.15) is 0 Å². The second kappa shape index (κ2) is 17.3. The van der Waals surface area contributed by atoms with E-state index in [9.17, 15) is 4.79 Å². The molecule has 0 aromatic carbocycles. The molecule has 0 aromatic rings. The van der Waals surface area contributed by atoms with Gasteiger partial charge < -0.3 is 9.59 Å². The summed E-state index contributed by atoms with van der Waals surface area (Å²) in [5.41, 5.74) is 0.464. The fourth-order valence-corrected chi connectivity index (χ4v) is 3.56. The molecule has 3 nitrogen and oxygen atoms in total. The van der Waals surface area contributed by atoms with Crippen LogP contribution in [-0.4, -0.2) is 42.7 Å². The predicted octanol–water partition coefficient (Wildman–Crippen LogP) is 6.97. The summed E-state index contributed by atoms with van der Waals surface area (Å²) in [6.07, 6.45) is 22.3. The molecule has 0 spiro atoms. The maximum Gasteiger partial charge on any atom is 0.330 e. The van der Waals surface area contributed by atoms with E-state index in [2.05, 4.69) is 21.0 Å². The van der Waals surface area contributed by atoms with Gasteiger partial charge in [0.15, 0.2) is 0 Å². The zero-order chi connectivity index (χ0) is 20.4. The van der Waals surface area contributed by atoms with E-state index in [-0.39, 0.29) is 0 Å². The van der Waals surface area contributed by atoms with Crippen molar-refractivity contribution in [3.63, 3.8) is 0 Å². The smallest absolute Gasteiger partial charge is 0.330 e. The van der Waals surface area contributed by atoms with E-state index in [1.807, 2.05) is 6.08 Å². The lowest BCUT2D eigenvalue weighted by molar-refractivity contribution is -0.890. The number of carboxylic acid groups (broad SMARTS) is 1. The first kappa shape index (κ1) is 26.2. The SMILES string of the molecule is CCCCCCCCCCCCCCCC[N+](C)(C)CCC=C(C)C(=O)O. The number of carboxylic acids is 1. The van der Waals surface area contributed by atoms with Crippen molar-refractivity contribution < 1.29 is 14.4 Å². The Morgan fingerprint density at radius 2 is 1.15 bits per heavy atom. The van der Waals surface area contributed by atoms with Crippen LogP contribution in [0.5, 0.6) is 0 Å². The van der Waals surface area contributed by atoms with Crippen molar-refractivity contribution in [3.05, 3.63) is 11.6 Å². The van der Waals surface area contributed by atoms with E-state index < -0.39 is 5.97 Å². The summed E-state index contributed by atoms with van der Waals surface area (Å²) >= 11 is 0. The Balaban J connectivity index is 3.42. The summed E-state index contributed by atoms with van der Waals surface area (Å²) in [7, 11) is 4.51. The maximum atomic E-state index is 10.8. The molecule has 0 saturated heterocycles. The van der Waals surface area contributed by atoms with Crippen LogP contribution in [0.15, 0.2) is 11.6 Å². The molecule has 0 aliphatic rings. The summed E-state index contributed by atoms with van der Waals surface area (Å²) in [6, 6.07) is 0. The van der Waals surface area contributed by atoms with Crippen molar-refractivity contribution in [1.29, 1.82) is 0 Å². The molecule has 3 heteroatoms. The minimum Gasteiger partial charge on any atom is -0.478 e. The molecule has 27 heavy (non-hydrogen) atoms. The minimum atomic E-state index is -0.799. The summed E-state index contributed by atoms with van der Waals surface area (Å²) < 4.78 is 0.988. The largest absolute Gasteiger partial charge is 0.478 e. The van der Waals surface area contributed by atoms with Crippen molar-refractivity contribution >= 4 is 5.97 Å². The molecule has 0 fully saturated rings. The van der Waals surface area contributed by atoms with E-state index in [0.29, 0.717) is 5.57 Å². The zero-order valence-corrected chi connectivity index (χ0v) is 18.9. The quantitative estimate of drug-likeness (QED) is 0.149. The molecular weight excluding hydrogens is 334 g/mol. The van der Waals surface area contributed by atoms with Gasteiger partial charge >= 0.3 is 5.97 Å². The van der Waals surface area contributed by atoms with Gasteiger partial charge in [0.1, 0.15) is 0 Å². The number of carbonyl (C=O) groups is 1. The lowest BCUT2D eigenvalue weighted by Crippen LogP contribution is -2.41. The third-order valence-corrected chi connectivity index (χ3v) is 5.64. The summed E-state index contributed by atoms with van der Waals surface area (Å²) in [4.78, 5) is 10.8. The lowest BCUT2D eigenvalue weighted by atomic mass is 10.0. The van der Waals surface area contributed by atoms with Crippen molar-refractivity contribution in [1.82, 2.24) is 0 Å². The van der Waals surface area contributed by atoms with Crippen LogP contribution in [0.25, 0.3) is 0 Å². The number of nitrogens with zero attached hydrogens (tertiary/aromatic N) is 1. The molecular formula is C24H48NO2+. The molecule has 0 unspecified atom stereocenters. The number of hydrogen-bond acceptors (Lipinski definition) is 1. The first-order valence-electron chi connectivity index (χ1n) is 11.6. The standard InChI is InChI=1S/C24H47NO2/c1-5-6-7-8-9-10-11-12-13-14-15-16-17-18-21-25(3,4)22-19-20-23(2)24(26)27/h20H,5-19,21-22H2,1-4H3/p+1. The molecule has 0 radical (unpaired) electrons. The summed E-state index contributed by atoms with van der Waals surface area (Å²) in [5.74, 6) is -0.799. The zero-order valence-electron chi connectivity index (χ0n) is 18.9. The molecule has 0 rings (SSSR count). The van der Waals surface area contributed by atoms with Crippen molar-refractivity contribution in [3.8, 4) is 0 Å². The van der Waals surface area contributed by atoms with Crippen LogP contribution in [0.2, 0.25) is 0 Å². The Kier molecular flexibility index (Phi) is 16.7. The van der Waals surface area contributed by atoms with Crippen LogP contribution in [0, 0.1) is 0 Å². The van der Waals surface area contributed by atoms with Gasteiger partial charge in [-0.3, -0.25) is 0 Å². The third-order valence-electron chi connectivity index (χ3n) is 5.64. The van der Waals surface area contributed by atoms with Gasteiger partial charge in [0.2, 0.25) is 0 Å². The molecule has 0 aliphatic heterocycles. The van der Waals surface area contributed by atoms with Gasteiger partial charge in [-0.25, -0.2) is 4.79 Å². The minimum absolute atomic E-state index is 0.464. The molecule has 0 heterocycles. The normalized spacial score (nSPS) is 12.5. The number of unbranched alkanes of at least 4 members (excludes halogenated alkanes) is 13. The second-order valence-electron chi connectivity index (χ2n) is 8.96. The van der Waals surface area contributed by atoms with E-state index in [4.69, 9.17) is 5.11 Å². The van der Waals surface area contributed by atoms with Crippen LogP contribution in [0.4, 0.5) is 0 Å². The van der Waals surface area contributed by atoms with Crippen molar-refractivity contribution in [2.45, 2.75) is 110 Å². The number of quaternary nitrogens is 1. The van der Waals surface area contributed by atoms with Crippen molar-refractivity contribution in [2.75, 3.05) is 27.2 Å². The molecule has 0 amide bonds. The van der Waals surface area contributed by atoms with Crippen LogP contribution in [0.3, 0.4) is 0 Å². The van der Waals surface area contributed by atoms with Gasteiger partial charge in [-0.05, 0) is 19.8 Å². The second-order valence-corrected chi connectivity index (χ2v) is 8.96. The Bertz CT molecular complexity index is 388. The molecule has 1 N–H and O–H groups in total. The Hall–Kier alpha value is -0.830. The summed E-state index contributed by atoms with van der Waals surface area (Å²) in [6.45, 7) is 6.17. The van der Waals surface area contributed by atoms with E-state index in [0.717, 1.165) is 17.4 Å². The van der Waals surface area contributed by atoms with E-state index in [1.165, 1.54) is 96.4 Å². The van der Waals surface area contributed by atoms with E-state index in [1.54, 1.807) is 6.92 Å². The van der Waals surface area contributed by atoms with Gasteiger partial charge in [-0.1, -0.05) is 90.0 Å². The fraction of sp³-hybridized carbons (Fsp3) is 0.875. The molecule has 0 atom stereocenters. The van der Waals surface area contributed by atoms with Gasteiger partial charge in [-0.15, -0.1) is 0 Å². The Morgan fingerprint density at radius 3 is 1.56 bits per heavy atom. The van der Waals surface area contributed by atoms with Gasteiger partial charge in [0.05, 0.1) is 27.2 Å². The fourth-order valence-electron chi connectivity index (χ4n) is 3.56. The van der Waals surface area contributed by atoms with Crippen LogP contribution >= 0.6 is 0 Å². The maximum absolute atomic E-state index is 10.8. The Morgan fingerprint density at radius 1 is 0.741 bits per heavy atom. The number of rotatable bonds is 19. The average molecular weight is 383 g/mol. The lowest BCUT2D eigenvalue weighted by Gasteiger charge is -2.29. The molecule has 160 valence electrons. The molecule has 0 aliphatic carbocycles. The van der Waals surface area contributed by atoms with Crippen molar-refractivity contribution in [2.24, 2.45) is 0 Å². The highest BCUT2D eigenvalue weighted by atomic mass is 16.4. The monoisotopic (exact) mass is 382 g/mol. The topological polar surface area (TPSA) is 37.3 Å². The number of aliphatic carboxylic acids is 1. The van der Waals surface area contributed by atoms with Crippen LogP contribution < -0.4 is 0 Å². The molecule has 0 saturated carbocycles. The highest BCUT2D eigenvalue weighted by molar-refractivity contribution is 5.85. The first-order valence-corrected chi connectivity index (χ1v) is 11.6. The average Bonchev–Trinajstić information content (AvgIpc) is 2.61. The van der Waals surface area contributed by atoms with Crippen LogP contribution in [-0.2, 0) is 4.79 Å². The first-order chi connectivity index (χ1) is 12.9. The highest BCUT2D eigenvalue weighted by Gasteiger charge is 2.13. The van der Waals surface area contributed by atoms with Gasteiger partial charge in [0.25, 0.3) is 0 Å².